The number of hydrogen-bond donors (Lipinski definition) is 2. The number of nitrogens with zero attached hydrogens (tertiary/aromatic N) is 3. The Morgan fingerprint density at radius 1 is 0.926 bits per heavy atom. The lowest BCUT2D eigenvalue weighted by Crippen LogP contribution is -2.54. The van der Waals surface area contributed by atoms with E-state index >= 15 is 0 Å². The molecule has 0 atom stereocenters. The van der Waals surface area contributed by atoms with Crippen LogP contribution in [0.2, 0.25) is 0 Å². The third kappa shape index (κ3) is 6.08. The van der Waals surface area contributed by atoms with Gasteiger partial charge in [-0.05, 0) is 84.6 Å². The molecule has 2 heterocycles. The maximum absolute atomic E-state index is 5.13. The highest BCUT2D eigenvalue weighted by Gasteiger charge is 2.38. The normalized spacial score (nSPS) is 26.1. The maximum atomic E-state index is 5.13. The average Bonchev–Trinajstić information content (AvgIpc) is 2.72. The fourth-order valence-electron chi connectivity index (χ4n) is 5.23. The zero-order valence-electron chi connectivity index (χ0n) is 17.9. The highest BCUT2D eigenvalue weighted by atomic mass is 15.2. The number of piperidine rings is 2. The molecule has 2 N–H and O–H groups in total. The topological polar surface area (TPSA) is 42.9 Å². The van der Waals surface area contributed by atoms with Crippen molar-refractivity contribution < 1.29 is 0 Å². The van der Waals surface area contributed by atoms with Gasteiger partial charge in [0.25, 0.3) is 0 Å². The smallest absolute Gasteiger partial charge is 0.191 e. The Kier molecular flexibility index (Phi) is 8.25. The van der Waals surface area contributed by atoms with Gasteiger partial charge in [-0.1, -0.05) is 25.7 Å². The Morgan fingerprint density at radius 3 is 2.26 bits per heavy atom. The van der Waals surface area contributed by atoms with Crippen LogP contribution in [0.3, 0.4) is 0 Å². The van der Waals surface area contributed by atoms with Crippen LogP contribution in [0.5, 0.6) is 0 Å². The standard InChI is InChI=1S/C22H43N5/c1-3-23-21(24-18-20-10-16-26(2)17-11-20)25-19-22(12-6-4-7-13-22)27-14-8-5-9-15-27/h20H,3-19H2,1-2H3,(H2,23,24,25). The van der Waals surface area contributed by atoms with Gasteiger partial charge in [0.15, 0.2) is 5.96 Å². The number of guanidine groups is 1. The van der Waals surface area contributed by atoms with E-state index in [1.165, 1.54) is 90.4 Å². The van der Waals surface area contributed by atoms with Crippen LogP contribution >= 0.6 is 0 Å². The molecule has 0 bridgehead atoms. The van der Waals surface area contributed by atoms with E-state index in [4.69, 9.17) is 4.99 Å². The molecule has 0 radical (unpaired) electrons. The molecule has 2 saturated heterocycles. The third-order valence-corrected chi connectivity index (χ3v) is 7.08. The molecule has 1 aliphatic carbocycles. The molecule has 3 aliphatic rings. The number of hydrogen-bond acceptors (Lipinski definition) is 3. The Bertz CT molecular complexity index is 444. The van der Waals surface area contributed by atoms with E-state index in [1.807, 2.05) is 0 Å². The molecule has 0 spiro atoms. The van der Waals surface area contributed by atoms with Crippen molar-refractivity contribution in [1.29, 1.82) is 0 Å². The quantitative estimate of drug-likeness (QED) is 0.551. The van der Waals surface area contributed by atoms with Crippen LogP contribution in [0.25, 0.3) is 0 Å². The molecular weight excluding hydrogens is 334 g/mol. The highest BCUT2D eigenvalue weighted by molar-refractivity contribution is 5.79. The number of nitrogens with one attached hydrogen (secondary N) is 2. The Hall–Kier alpha value is -0.810. The van der Waals surface area contributed by atoms with Crippen molar-refractivity contribution in [2.24, 2.45) is 10.9 Å². The third-order valence-electron chi connectivity index (χ3n) is 7.08. The lowest BCUT2D eigenvalue weighted by atomic mass is 9.79. The average molecular weight is 378 g/mol. The van der Waals surface area contributed by atoms with Crippen LogP contribution in [0, 0.1) is 5.92 Å². The molecule has 0 amide bonds. The van der Waals surface area contributed by atoms with E-state index in [0.717, 1.165) is 31.5 Å². The van der Waals surface area contributed by atoms with E-state index in [0.29, 0.717) is 5.54 Å². The first-order chi connectivity index (χ1) is 13.2. The van der Waals surface area contributed by atoms with Gasteiger partial charge in [0.05, 0.1) is 6.54 Å². The fourth-order valence-corrected chi connectivity index (χ4v) is 5.23. The molecule has 0 aromatic rings. The zero-order chi connectivity index (χ0) is 19.0. The van der Waals surface area contributed by atoms with Gasteiger partial charge in [0, 0.05) is 18.6 Å². The minimum Gasteiger partial charge on any atom is -0.357 e. The van der Waals surface area contributed by atoms with E-state index < -0.39 is 0 Å². The van der Waals surface area contributed by atoms with E-state index in [2.05, 4.69) is 34.4 Å². The van der Waals surface area contributed by atoms with Crippen LogP contribution in [-0.4, -0.2) is 74.2 Å². The molecule has 3 rings (SSSR count). The van der Waals surface area contributed by atoms with Crippen LogP contribution in [0.15, 0.2) is 4.99 Å². The van der Waals surface area contributed by atoms with Crippen LogP contribution in [0.1, 0.15) is 71.1 Å². The van der Waals surface area contributed by atoms with Crippen LogP contribution in [-0.2, 0) is 0 Å². The first-order valence-corrected chi connectivity index (χ1v) is 11.7. The molecular formula is C22H43N5. The molecule has 1 saturated carbocycles. The van der Waals surface area contributed by atoms with Gasteiger partial charge >= 0.3 is 0 Å². The van der Waals surface area contributed by atoms with Gasteiger partial charge in [-0.15, -0.1) is 0 Å². The van der Waals surface area contributed by atoms with Crippen molar-refractivity contribution in [1.82, 2.24) is 20.4 Å². The summed E-state index contributed by atoms with van der Waals surface area (Å²) in [4.78, 5) is 10.4. The van der Waals surface area contributed by atoms with Crippen molar-refractivity contribution in [2.45, 2.75) is 76.7 Å². The van der Waals surface area contributed by atoms with E-state index in [9.17, 15) is 0 Å². The summed E-state index contributed by atoms with van der Waals surface area (Å²) in [6, 6.07) is 0. The second-order valence-electron chi connectivity index (χ2n) is 9.16. The van der Waals surface area contributed by atoms with Gasteiger partial charge in [0.2, 0.25) is 0 Å². The first kappa shape index (κ1) is 20.9. The molecule has 3 fully saturated rings. The van der Waals surface area contributed by atoms with Crippen molar-refractivity contribution in [3.63, 3.8) is 0 Å². The molecule has 5 heteroatoms. The van der Waals surface area contributed by atoms with Crippen molar-refractivity contribution >= 4 is 5.96 Å². The predicted octanol–water partition coefficient (Wildman–Crippen LogP) is 3.07. The number of aliphatic imine (C=N–C) groups is 1. The van der Waals surface area contributed by atoms with Crippen LogP contribution in [0.4, 0.5) is 0 Å². The molecule has 0 unspecified atom stereocenters. The lowest BCUT2D eigenvalue weighted by Gasteiger charge is -2.47. The summed E-state index contributed by atoms with van der Waals surface area (Å²) in [5, 5.41) is 7.17. The van der Waals surface area contributed by atoms with Gasteiger partial charge in [-0.2, -0.15) is 0 Å². The summed E-state index contributed by atoms with van der Waals surface area (Å²) in [5.74, 6) is 1.83. The zero-order valence-corrected chi connectivity index (χ0v) is 17.9. The Morgan fingerprint density at radius 2 is 1.59 bits per heavy atom. The molecule has 2 aliphatic heterocycles. The van der Waals surface area contributed by atoms with E-state index in [1.54, 1.807) is 0 Å². The van der Waals surface area contributed by atoms with Crippen molar-refractivity contribution in [3.8, 4) is 0 Å². The minimum atomic E-state index is 0.328. The second-order valence-corrected chi connectivity index (χ2v) is 9.16. The molecule has 156 valence electrons. The summed E-state index contributed by atoms with van der Waals surface area (Å²) in [6.45, 7) is 10.2. The van der Waals surface area contributed by atoms with Gasteiger partial charge in [-0.25, -0.2) is 0 Å². The Labute approximate surface area is 167 Å². The molecule has 5 nitrogen and oxygen atoms in total. The summed E-state index contributed by atoms with van der Waals surface area (Å²) < 4.78 is 0. The summed E-state index contributed by atoms with van der Waals surface area (Å²) in [6.07, 6.45) is 13.6. The predicted molar refractivity (Wildman–Crippen MR) is 115 cm³/mol. The van der Waals surface area contributed by atoms with Gasteiger partial charge in [0.1, 0.15) is 0 Å². The molecule has 27 heavy (non-hydrogen) atoms. The largest absolute Gasteiger partial charge is 0.357 e. The Balaban J connectivity index is 1.58. The van der Waals surface area contributed by atoms with Crippen LogP contribution < -0.4 is 10.6 Å². The highest BCUT2D eigenvalue weighted by Crippen LogP contribution is 2.35. The van der Waals surface area contributed by atoms with Crippen molar-refractivity contribution in [2.75, 3.05) is 52.9 Å². The second kappa shape index (κ2) is 10.7. The minimum absolute atomic E-state index is 0.328. The van der Waals surface area contributed by atoms with Gasteiger partial charge < -0.3 is 15.5 Å². The fraction of sp³-hybridized carbons (Fsp3) is 0.955. The van der Waals surface area contributed by atoms with Crippen molar-refractivity contribution in [3.05, 3.63) is 0 Å². The number of likely N-dealkylation sites (tertiary alicyclic amines) is 2. The SMILES string of the molecule is CCNC(=NCC1(N2CCCCC2)CCCCC1)NCC1CCN(C)CC1. The summed E-state index contributed by atoms with van der Waals surface area (Å²) >= 11 is 0. The lowest BCUT2D eigenvalue weighted by molar-refractivity contribution is 0.0407. The van der Waals surface area contributed by atoms with E-state index in [-0.39, 0.29) is 0 Å². The van der Waals surface area contributed by atoms with Gasteiger partial charge in [-0.3, -0.25) is 9.89 Å². The molecule has 0 aromatic carbocycles. The first-order valence-electron chi connectivity index (χ1n) is 11.7. The molecule has 0 aromatic heterocycles. The summed E-state index contributed by atoms with van der Waals surface area (Å²) in [7, 11) is 2.24. The summed E-state index contributed by atoms with van der Waals surface area (Å²) in [5.41, 5.74) is 0.328. The maximum Gasteiger partial charge on any atom is 0.191 e. The monoisotopic (exact) mass is 377 g/mol. The number of rotatable bonds is 6.